The molecule has 0 fully saturated rings. The van der Waals surface area contributed by atoms with Crippen LogP contribution in [0.4, 0.5) is 5.69 Å². The van der Waals surface area contributed by atoms with E-state index >= 15 is 0 Å². The second-order valence-electron chi connectivity index (χ2n) is 5.75. The Morgan fingerprint density at radius 3 is 2.19 bits per heavy atom. The molecule has 2 aromatic rings. The minimum Gasteiger partial charge on any atom is -0.497 e. The smallest absolute Gasteiger partial charge is 0.248 e. The highest BCUT2D eigenvalue weighted by Gasteiger charge is 2.21. The summed E-state index contributed by atoms with van der Waals surface area (Å²) < 4.78 is 36.2. The Morgan fingerprint density at radius 2 is 1.63 bits per heavy atom. The molecule has 0 aliphatic rings. The zero-order chi connectivity index (χ0) is 20.0. The van der Waals surface area contributed by atoms with E-state index in [1.165, 1.54) is 46.5 Å². The standard InChI is InChI=1S/C19H22N2O5S/c1-21(2)27(23,24)18-8-6-5-7-17(18)20-19(22)10-9-14-11-15(25-3)13-16(12-14)26-4/h5-13H,1-4H3,(H,20,22)/b10-9+. The number of rotatable bonds is 7. The third-order valence-corrected chi connectivity index (χ3v) is 5.58. The van der Waals surface area contributed by atoms with Gasteiger partial charge in [-0.3, -0.25) is 4.79 Å². The molecule has 7 nitrogen and oxygen atoms in total. The van der Waals surface area contributed by atoms with Crippen LogP contribution < -0.4 is 14.8 Å². The maximum absolute atomic E-state index is 12.4. The molecular weight excluding hydrogens is 368 g/mol. The lowest BCUT2D eigenvalue weighted by molar-refractivity contribution is -0.111. The van der Waals surface area contributed by atoms with Crippen molar-refractivity contribution >= 4 is 27.7 Å². The van der Waals surface area contributed by atoms with Gasteiger partial charge in [0.05, 0.1) is 19.9 Å². The molecule has 144 valence electrons. The van der Waals surface area contributed by atoms with Crippen molar-refractivity contribution in [3.8, 4) is 11.5 Å². The Hall–Kier alpha value is -2.84. The number of benzene rings is 2. The van der Waals surface area contributed by atoms with Crippen molar-refractivity contribution in [2.45, 2.75) is 4.90 Å². The Kier molecular flexibility index (Phi) is 6.59. The van der Waals surface area contributed by atoms with Gasteiger partial charge in [0, 0.05) is 26.2 Å². The molecule has 0 aromatic heterocycles. The van der Waals surface area contributed by atoms with Gasteiger partial charge in [0.1, 0.15) is 16.4 Å². The number of amides is 1. The van der Waals surface area contributed by atoms with Crippen LogP contribution in [0.5, 0.6) is 11.5 Å². The van der Waals surface area contributed by atoms with Crippen LogP contribution in [0.25, 0.3) is 6.08 Å². The monoisotopic (exact) mass is 390 g/mol. The Morgan fingerprint density at radius 1 is 1.04 bits per heavy atom. The van der Waals surface area contributed by atoms with Gasteiger partial charge in [-0.15, -0.1) is 0 Å². The summed E-state index contributed by atoms with van der Waals surface area (Å²) in [5.74, 6) is 0.729. The molecule has 0 aliphatic heterocycles. The second-order valence-corrected chi connectivity index (χ2v) is 7.87. The first-order chi connectivity index (χ1) is 12.8. The number of nitrogens with zero attached hydrogens (tertiary/aromatic N) is 1. The molecule has 1 N–H and O–H groups in total. The van der Waals surface area contributed by atoms with Crippen molar-refractivity contribution in [2.24, 2.45) is 0 Å². The Bertz CT molecular complexity index is 930. The first-order valence-electron chi connectivity index (χ1n) is 8.01. The maximum atomic E-state index is 12.4. The SMILES string of the molecule is COc1cc(/C=C/C(=O)Nc2ccccc2S(=O)(=O)N(C)C)cc(OC)c1. The normalized spacial score (nSPS) is 11.6. The molecule has 0 saturated heterocycles. The molecular formula is C19H22N2O5S. The van der Waals surface area contributed by atoms with Crippen molar-refractivity contribution < 1.29 is 22.7 Å². The van der Waals surface area contributed by atoms with Crippen LogP contribution in [0.2, 0.25) is 0 Å². The number of hydrogen-bond acceptors (Lipinski definition) is 5. The van der Waals surface area contributed by atoms with Gasteiger partial charge in [0.2, 0.25) is 15.9 Å². The Balaban J connectivity index is 2.24. The molecule has 0 unspecified atom stereocenters. The van der Waals surface area contributed by atoms with Crippen molar-refractivity contribution in [1.82, 2.24) is 4.31 Å². The number of methoxy groups -OCH3 is 2. The van der Waals surface area contributed by atoms with Gasteiger partial charge in [0.15, 0.2) is 0 Å². The number of ether oxygens (including phenoxy) is 2. The molecule has 0 atom stereocenters. The van der Waals surface area contributed by atoms with Crippen LogP contribution in [0, 0.1) is 0 Å². The quantitative estimate of drug-likeness (QED) is 0.735. The third kappa shape index (κ3) is 5.08. The van der Waals surface area contributed by atoms with E-state index in [0.717, 1.165) is 4.31 Å². The summed E-state index contributed by atoms with van der Waals surface area (Å²) in [6.07, 6.45) is 2.90. The molecule has 0 aliphatic carbocycles. The van der Waals surface area contributed by atoms with E-state index in [9.17, 15) is 13.2 Å². The summed E-state index contributed by atoms with van der Waals surface area (Å²) in [7, 11) is 2.27. The van der Waals surface area contributed by atoms with Gasteiger partial charge in [0.25, 0.3) is 0 Å². The van der Waals surface area contributed by atoms with E-state index in [1.54, 1.807) is 36.4 Å². The zero-order valence-corrected chi connectivity index (χ0v) is 16.4. The number of anilines is 1. The molecule has 27 heavy (non-hydrogen) atoms. The molecule has 2 rings (SSSR count). The molecule has 1 amide bonds. The zero-order valence-electron chi connectivity index (χ0n) is 15.6. The van der Waals surface area contributed by atoms with E-state index in [4.69, 9.17) is 9.47 Å². The van der Waals surface area contributed by atoms with Gasteiger partial charge in [-0.2, -0.15) is 0 Å². The minimum atomic E-state index is -3.68. The van der Waals surface area contributed by atoms with Gasteiger partial charge >= 0.3 is 0 Å². The van der Waals surface area contributed by atoms with Crippen LogP contribution in [0.3, 0.4) is 0 Å². The number of carbonyl (C=O) groups excluding carboxylic acids is 1. The highest BCUT2D eigenvalue weighted by atomic mass is 32.2. The highest BCUT2D eigenvalue weighted by Crippen LogP contribution is 2.24. The number of nitrogens with one attached hydrogen (secondary N) is 1. The maximum Gasteiger partial charge on any atom is 0.248 e. The average molecular weight is 390 g/mol. The molecule has 0 heterocycles. The van der Waals surface area contributed by atoms with Crippen LogP contribution in [-0.2, 0) is 14.8 Å². The lowest BCUT2D eigenvalue weighted by Crippen LogP contribution is -2.24. The Labute approximate surface area is 159 Å². The first-order valence-corrected chi connectivity index (χ1v) is 9.45. The lowest BCUT2D eigenvalue weighted by atomic mass is 10.2. The number of hydrogen-bond donors (Lipinski definition) is 1. The molecule has 0 saturated carbocycles. The fraction of sp³-hybridized carbons (Fsp3) is 0.211. The summed E-state index contributed by atoms with van der Waals surface area (Å²) in [6, 6.07) is 11.5. The third-order valence-electron chi connectivity index (χ3n) is 3.70. The van der Waals surface area contributed by atoms with Gasteiger partial charge in [-0.1, -0.05) is 12.1 Å². The second kappa shape index (κ2) is 8.70. The van der Waals surface area contributed by atoms with E-state index in [-0.39, 0.29) is 10.6 Å². The van der Waals surface area contributed by atoms with Crippen LogP contribution >= 0.6 is 0 Å². The fourth-order valence-corrected chi connectivity index (χ4v) is 3.30. The van der Waals surface area contributed by atoms with Gasteiger partial charge in [-0.05, 0) is 35.9 Å². The van der Waals surface area contributed by atoms with Crippen LogP contribution in [0.1, 0.15) is 5.56 Å². The van der Waals surface area contributed by atoms with Crippen molar-refractivity contribution in [3.63, 3.8) is 0 Å². The molecule has 0 spiro atoms. The van der Waals surface area contributed by atoms with E-state index in [2.05, 4.69) is 5.32 Å². The minimum absolute atomic E-state index is 0.0276. The number of sulfonamides is 1. The predicted molar refractivity (Wildman–Crippen MR) is 105 cm³/mol. The lowest BCUT2D eigenvalue weighted by Gasteiger charge is -2.15. The van der Waals surface area contributed by atoms with E-state index < -0.39 is 15.9 Å². The topological polar surface area (TPSA) is 84.9 Å². The van der Waals surface area contributed by atoms with E-state index in [1.807, 2.05) is 0 Å². The average Bonchev–Trinajstić information content (AvgIpc) is 2.66. The molecule has 8 heteroatoms. The largest absolute Gasteiger partial charge is 0.497 e. The summed E-state index contributed by atoms with van der Waals surface area (Å²) >= 11 is 0. The summed E-state index contributed by atoms with van der Waals surface area (Å²) in [5, 5.41) is 2.60. The molecule has 0 radical (unpaired) electrons. The molecule has 0 bridgehead atoms. The van der Waals surface area contributed by atoms with Gasteiger partial charge < -0.3 is 14.8 Å². The summed E-state index contributed by atoms with van der Waals surface area (Å²) in [6.45, 7) is 0. The summed E-state index contributed by atoms with van der Waals surface area (Å²) in [5.41, 5.74) is 0.916. The van der Waals surface area contributed by atoms with E-state index in [0.29, 0.717) is 17.1 Å². The predicted octanol–water partition coefficient (Wildman–Crippen LogP) is 2.61. The summed E-state index contributed by atoms with van der Waals surface area (Å²) in [4.78, 5) is 12.3. The highest BCUT2D eigenvalue weighted by molar-refractivity contribution is 7.89. The number of carbonyl (C=O) groups is 1. The molecule has 2 aromatic carbocycles. The fourth-order valence-electron chi connectivity index (χ4n) is 2.26. The number of para-hydroxylation sites is 1. The van der Waals surface area contributed by atoms with Crippen molar-refractivity contribution in [1.29, 1.82) is 0 Å². The van der Waals surface area contributed by atoms with Gasteiger partial charge in [-0.25, -0.2) is 12.7 Å². The van der Waals surface area contributed by atoms with Crippen molar-refractivity contribution in [3.05, 3.63) is 54.1 Å². The van der Waals surface area contributed by atoms with Crippen LogP contribution in [0.15, 0.2) is 53.4 Å². The first kappa shape index (κ1) is 20.5. The van der Waals surface area contributed by atoms with Crippen molar-refractivity contribution in [2.75, 3.05) is 33.6 Å². The van der Waals surface area contributed by atoms with Crippen LogP contribution in [-0.4, -0.2) is 46.9 Å².